The molecule has 1 heterocycles. The number of sulfonamides is 1. The van der Waals surface area contributed by atoms with Crippen LogP contribution in [0.25, 0.3) is 0 Å². The van der Waals surface area contributed by atoms with Gasteiger partial charge in [0.05, 0.1) is 4.90 Å². The molecule has 0 saturated carbocycles. The summed E-state index contributed by atoms with van der Waals surface area (Å²) in [6.45, 7) is 5.64. The van der Waals surface area contributed by atoms with Crippen molar-refractivity contribution in [2.24, 2.45) is 0 Å². The minimum absolute atomic E-state index is 0.235. The highest BCUT2D eigenvalue weighted by Gasteiger charge is 2.14. The Labute approximate surface area is 113 Å². The molecule has 1 aromatic carbocycles. The Balaban J connectivity index is 2.33. The first kappa shape index (κ1) is 13.5. The van der Waals surface area contributed by atoms with Gasteiger partial charge in [-0.15, -0.1) is 0 Å². The Bertz CT molecular complexity index is 672. The zero-order valence-corrected chi connectivity index (χ0v) is 12.0. The van der Waals surface area contributed by atoms with E-state index in [-0.39, 0.29) is 4.90 Å². The molecule has 0 unspecified atom stereocenters. The molecule has 0 amide bonds. The highest BCUT2D eigenvalue weighted by molar-refractivity contribution is 7.92. The van der Waals surface area contributed by atoms with Crippen LogP contribution in [0.3, 0.4) is 0 Å². The average Bonchev–Trinajstić information content (AvgIpc) is 2.27. The van der Waals surface area contributed by atoms with Crippen LogP contribution in [0.15, 0.2) is 41.3 Å². The molecule has 0 aliphatic rings. The summed E-state index contributed by atoms with van der Waals surface area (Å²) in [5.74, 6) is 0.345. The maximum Gasteiger partial charge on any atom is 0.263 e. The number of aromatic nitrogens is 1. The van der Waals surface area contributed by atoms with E-state index in [1.54, 1.807) is 30.3 Å². The molecule has 2 rings (SSSR count). The van der Waals surface area contributed by atoms with E-state index < -0.39 is 10.0 Å². The third-order valence-electron chi connectivity index (χ3n) is 2.67. The van der Waals surface area contributed by atoms with E-state index in [1.807, 2.05) is 26.8 Å². The van der Waals surface area contributed by atoms with Crippen molar-refractivity contribution >= 4 is 15.8 Å². The van der Waals surface area contributed by atoms with Crippen molar-refractivity contribution in [2.75, 3.05) is 4.72 Å². The van der Waals surface area contributed by atoms with Crippen molar-refractivity contribution in [2.45, 2.75) is 25.7 Å². The summed E-state index contributed by atoms with van der Waals surface area (Å²) in [6, 6.07) is 10.3. The first-order chi connectivity index (χ1) is 8.87. The normalized spacial score (nSPS) is 11.3. The fourth-order valence-electron chi connectivity index (χ4n) is 1.81. The van der Waals surface area contributed by atoms with E-state index in [4.69, 9.17) is 0 Å². The monoisotopic (exact) mass is 276 g/mol. The Morgan fingerprint density at radius 3 is 2.16 bits per heavy atom. The number of benzene rings is 1. The third kappa shape index (κ3) is 3.32. The van der Waals surface area contributed by atoms with Crippen LogP contribution in [-0.2, 0) is 10.0 Å². The zero-order valence-electron chi connectivity index (χ0n) is 11.1. The minimum Gasteiger partial charge on any atom is -0.263 e. The Morgan fingerprint density at radius 2 is 1.58 bits per heavy atom. The second-order valence-electron chi connectivity index (χ2n) is 4.59. The number of hydrogen-bond acceptors (Lipinski definition) is 3. The molecule has 0 spiro atoms. The van der Waals surface area contributed by atoms with Crippen molar-refractivity contribution in [3.63, 3.8) is 0 Å². The highest BCUT2D eigenvalue weighted by atomic mass is 32.2. The molecule has 1 N–H and O–H groups in total. The molecule has 2 aromatic rings. The average molecular weight is 276 g/mol. The molecular formula is C14H16N2O2S. The summed E-state index contributed by atoms with van der Waals surface area (Å²) in [4.78, 5) is 4.41. The summed E-state index contributed by atoms with van der Waals surface area (Å²) in [5, 5.41) is 0. The topological polar surface area (TPSA) is 59.1 Å². The molecule has 0 aliphatic heterocycles. The van der Waals surface area contributed by atoms with Crippen molar-refractivity contribution in [1.29, 1.82) is 0 Å². The molecule has 0 bridgehead atoms. The lowest BCUT2D eigenvalue weighted by Gasteiger charge is -2.09. The second-order valence-corrected chi connectivity index (χ2v) is 6.27. The van der Waals surface area contributed by atoms with Gasteiger partial charge in [-0.05, 0) is 50.6 Å². The van der Waals surface area contributed by atoms with E-state index >= 15 is 0 Å². The zero-order chi connectivity index (χ0) is 14.0. The molecule has 0 fully saturated rings. The molecule has 19 heavy (non-hydrogen) atoms. The van der Waals surface area contributed by atoms with Gasteiger partial charge in [0.1, 0.15) is 5.82 Å². The Kier molecular flexibility index (Phi) is 3.57. The van der Waals surface area contributed by atoms with Crippen LogP contribution in [0.2, 0.25) is 0 Å². The van der Waals surface area contributed by atoms with Gasteiger partial charge in [-0.2, -0.15) is 0 Å². The first-order valence-corrected chi connectivity index (χ1v) is 7.40. The maximum atomic E-state index is 12.2. The summed E-state index contributed by atoms with van der Waals surface area (Å²) in [6.07, 6.45) is 0. The van der Waals surface area contributed by atoms with Crippen molar-refractivity contribution < 1.29 is 8.42 Å². The molecular weight excluding hydrogens is 260 g/mol. The van der Waals surface area contributed by atoms with Crippen LogP contribution in [0.4, 0.5) is 5.82 Å². The van der Waals surface area contributed by atoms with E-state index in [0.29, 0.717) is 5.82 Å². The minimum atomic E-state index is -3.58. The number of pyridine rings is 1. The second kappa shape index (κ2) is 5.01. The number of rotatable bonds is 3. The highest BCUT2D eigenvalue weighted by Crippen LogP contribution is 2.16. The predicted molar refractivity (Wildman–Crippen MR) is 75.7 cm³/mol. The van der Waals surface area contributed by atoms with Crippen LogP contribution in [0.1, 0.15) is 16.8 Å². The van der Waals surface area contributed by atoms with Crippen molar-refractivity contribution in [3.8, 4) is 0 Å². The summed E-state index contributed by atoms with van der Waals surface area (Å²) in [7, 11) is -3.58. The van der Waals surface area contributed by atoms with Crippen molar-refractivity contribution in [3.05, 3.63) is 53.2 Å². The maximum absolute atomic E-state index is 12.2. The molecule has 0 atom stereocenters. The standard InChI is InChI=1S/C14H16N2O2S/c1-10-4-6-13(7-5-10)19(17,18)16-14-9-11(2)8-12(3)15-14/h4-9H,1-3H3,(H,15,16). The van der Waals surface area contributed by atoms with Crippen LogP contribution < -0.4 is 4.72 Å². The van der Waals surface area contributed by atoms with Gasteiger partial charge >= 0.3 is 0 Å². The first-order valence-electron chi connectivity index (χ1n) is 5.91. The van der Waals surface area contributed by atoms with Gasteiger partial charge < -0.3 is 0 Å². The largest absolute Gasteiger partial charge is 0.263 e. The quantitative estimate of drug-likeness (QED) is 0.937. The molecule has 4 nitrogen and oxygen atoms in total. The van der Waals surface area contributed by atoms with E-state index in [1.165, 1.54) is 0 Å². The van der Waals surface area contributed by atoms with Gasteiger partial charge in [0, 0.05) is 5.69 Å². The van der Waals surface area contributed by atoms with Crippen LogP contribution in [0.5, 0.6) is 0 Å². The van der Waals surface area contributed by atoms with Gasteiger partial charge in [-0.25, -0.2) is 13.4 Å². The Morgan fingerprint density at radius 1 is 0.947 bits per heavy atom. The lowest BCUT2D eigenvalue weighted by atomic mass is 10.2. The van der Waals surface area contributed by atoms with Gasteiger partial charge in [0.2, 0.25) is 0 Å². The summed E-state index contributed by atoms with van der Waals surface area (Å²) in [5.41, 5.74) is 2.76. The summed E-state index contributed by atoms with van der Waals surface area (Å²) >= 11 is 0. The molecule has 5 heteroatoms. The predicted octanol–water partition coefficient (Wildman–Crippen LogP) is 2.81. The van der Waals surface area contributed by atoms with Gasteiger partial charge in [-0.3, -0.25) is 4.72 Å². The van der Waals surface area contributed by atoms with Crippen LogP contribution in [0, 0.1) is 20.8 Å². The lowest BCUT2D eigenvalue weighted by Crippen LogP contribution is -2.14. The number of hydrogen-bond donors (Lipinski definition) is 1. The number of anilines is 1. The number of nitrogens with zero attached hydrogens (tertiary/aromatic N) is 1. The van der Waals surface area contributed by atoms with E-state index in [9.17, 15) is 8.42 Å². The smallest absolute Gasteiger partial charge is 0.263 e. The Hall–Kier alpha value is -1.88. The molecule has 0 saturated heterocycles. The van der Waals surface area contributed by atoms with E-state index in [0.717, 1.165) is 16.8 Å². The van der Waals surface area contributed by atoms with E-state index in [2.05, 4.69) is 9.71 Å². The fraction of sp³-hybridized carbons (Fsp3) is 0.214. The molecule has 0 aliphatic carbocycles. The molecule has 0 radical (unpaired) electrons. The van der Waals surface area contributed by atoms with Gasteiger partial charge in [0.15, 0.2) is 0 Å². The summed E-state index contributed by atoms with van der Waals surface area (Å²) < 4.78 is 26.9. The number of nitrogens with one attached hydrogen (secondary N) is 1. The fourth-order valence-corrected chi connectivity index (χ4v) is 2.80. The molecule has 100 valence electrons. The third-order valence-corrected chi connectivity index (χ3v) is 4.04. The van der Waals surface area contributed by atoms with Crippen LogP contribution in [-0.4, -0.2) is 13.4 Å². The van der Waals surface area contributed by atoms with Crippen LogP contribution >= 0.6 is 0 Å². The lowest BCUT2D eigenvalue weighted by molar-refractivity contribution is 0.601. The number of aryl methyl sites for hydroxylation is 3. The molecule has 1 aromatic heterocycles. The van der Waals surface area contributed by atoms with Gasteiger partial charge in [0.25, 0.3) is 10.0 Å². The van der Waals surface area contributed by atoms with Crippen molar-refractivity contribution in [1.82, 2.24) is 4.98 Å². The SMILES string of the molecule is Cc1ccc(S(=O)(=O)Nc2cc(C)cc(C)n2)cc1. The van der Waals surface area contributed by atoms with Gasteiger partial charge in [-0.1, -0.05) is 17.7 Å².